The Hall–Kier alpha value is -0.900. The van der Waals surface area contributed by atoms with Crippen LogP contribution in [-0.2, 0) is 28.9 Å². The smallest absolute Gasteiger partial charge is 0.394 e. The number of hydrogen-bond acceptors (Lipinski definition) is 10. The Morgan fingerprint density at radius 2 is 0.921 bits per heavy atom. The number of amides is 1. The van der Waals surface area contributed by atoms with E-state index in [1.54, 1.807) is 0 Å². The van der Waals surface area contributed by atoms with Crippen LogP contribution in [-0.4, -0.2) is 95.4 Å². The summed E-state index contributed by atoms with van der Waals surface area (Å²) >= 11 is 0. The van der Waals surface area contributed by atoms with E-state index in [1.807, 2.05) is 0 Å². The largest absolute Gasteiger partial charge is 0.397 e. The van der Waals surface area contributed by atoms with Crippen LogP contribution in [0.1, 0.15) is 258 Å². The Morgan fingerprint density at radius 1 is 0.571 bits per heavy atom. The summed E-state index contributed by atoms with van der Waals surface area (Å²) in [6.07, 6.45) is 36.8. The van der Waals surface area contributed by atoms with E-state index in [2.05, 4.69) is 23.3 Å². The van der Waals surface area contributed by atoms with Crippen LogP contribution in [0.3, 0.4) is 0 Å². The molecule has 63 heavy (non-hydrogen) atoms. The minimum atomic E-state index is -5.07. The van der Waals surface area contributed by atoms with Crippen LogP contribution in [0.5, 0.6) is 0 Å². The van der Waals surface area contributed by atoms with Gasteiger partial charge in [0.25, 0.3) is 0 Å². The molecule has 1 fully saturated rings. The summed E-state index contributed by atoms with van der Waals surface area (Å²) in [6.45, 7) is 3.48. The van der Waals surface area contributed by atoms with Gasteiger partial charge in [-0.3, -0.25) is 9.35 Å². The fraction of sp³-hybridized carbons (Fsp3) is 0.980. The van der Waals surface area contributed by atoms with Crippen LogP contribution in [0.4, 0.5) is 0 Å². The molecule has 0 radical (unpaired) electrons. The third-order valence-electron chi connectivity index (χ3n) is 12.9. The predicted octanol–water partition coefficient (Wildman–Crippen LogP) is 11.3. The molecule has 0 bridgehead atoms. The number of carbonyl (C=O) groups is 1. The summed E-state index contributed by atoms with van der Waals surface area (Å²) in [6, 6.07) is -0.851. The highest BCUT2D eigenvalue weighted by molar-refractivity contribution is 7.80. The standard InChI is InChI=1S/C50H99NO11S/c1-3-5-7-9-11-13-15-17-18-19-20-21-22-23-24-25-26-28-30-32-34-36-38-40-46(54)51-43(44(53)39-37-35-33-31-29-27-16-14-12-10-8-6-4-2)42-60-50-48(56)49(62-63(57,58)59)47(55)45(41-52)61-50/h43-45,47-50,52-53,55-56H,3-42H2,1-2H3,(H,51,54)(H,57,58,59). The van der Waals surface area contributed by atoms with Gasteiger partial charge in [-0.2, -0.15) is 8.42 Å². The zero-order valence-corrected chi connectivity index (χ0v) is 41.2. The zero-order chi connectivity index (χ0) is 46.2. The molecule has 1 aliphatic heterocycles. The second kappa shape index (κ2) is 41.3. The van der Waals surface area contributed by atoms with Gasteiger partial charge in [-0.05, 0) is 12.8 Å². The molecule has 1 heterocycles. The molecule has 12 nitrogen and oxygen atoms in total. The molecule has 1 amide bonds. The lowest BCUT2D eigenvalue weighted by Gasteiger charge is -2.41. The van der Waals surface area contributed by atoms with Crippen LogP contribution in [0.2, 0.25) is 0 Å². The summed E-state index contributed by atoms with van der Waals surface area (Å²) in [5.41, 5.74) is 0. The Labute approximate surface area is 386 Å². The molecule has 13 heteroatoms. The molecular formula is C50H99NO11S. The van der Waals surface area contributed by atoms with Crippen molar-refractivity contribution in [3.63, 3.8) is 0 Å². The Balaban J connectivity index is 2.35. The van der Waals surface area contributed by atoms with Gasteiger partial charge in [0.2, 0.25) is 5.91 Å². The number of aliphatic hydroxyl groups is 4. The van der Waals surface area contributed by atoms with Gasteiger partial charge < -0.3 is 35.2 Å². The van der Waals surface area contributed by atoms with Gasteiger partial charge >= 0.3 is 10.4 Å². The van der Waals surface area contributed by atoms with E-state index in [1.165, 1.54) is 180 Å². The van der Waals surface area contributed by atoms with E-state index in [0.29, 0.717) is 12.8 Å². The lowest BCUT2D eigenvalue weighted by Crippen LogP contribution is -2.61. The van der Waals surface area contributed by atoms with Crippen molar-refractivity contribution in [1.82, 2.24) is 5.32 Å². The quantitative estimate of drug-likeness (QED) is 0.0251. The van der Waals surface area contributed by atoms with Crippen molar-refractivity contribution in [1.29, 1.82) is 0 Å². The molecule has 1 aliphatic rings. The van der Waals surface area contributed by atoms with Crippen LogP contribution < -0.4 is 5.32 Å². The normalized spacial score (nSPS) is 20.3. The van der Waals surface area contributed by atoms with Crippen molar-refractivity contribution < 1.29 is 51.8 Å². The van der Waals surface area contributed by atoms with Gasteiger partial charge in [0, 0.05) is 6.42 Å². The minimum Gasteiger partial charge on any atom is -0.394 e. The lowest BCUT2D eigenvalue weighted by molar-refractivity contribution is -0.298. The minimum absolute atomic E-state index is 0.224. The summed E-state index contributed by atoms with van der Waals surface area (Å²) in [7, 11) is -5.07. The fourth-order valence-electron chi connectivity index (χ4n) is 8.81. The van der Waals surface area contributed by atoms with Gasteiger partial charge in [-0.15, -0.1) is 0 Å². The van der Waals surface area contributed by atoms with Crippen molar-refractivity contribution in [2.75, 3.05) is 13.2 Å². The molecule has 7 atom stereocenters. The first-order valence-electron chi connectivity index (χ1n) is 26.4. The number of aliphatic hydroxyl groups excluding tert-OH is 4. The second-order valence-electron chi connectivity index (χ2n) is 18.8. The molecule has 1 saturated heterocycles. The van der Waals surface area contributed by atoms with Gasteiger partial charge in [0.05, 0.1) is 25.4 Å². The maximum atomic E-state index is 13.1. The number of nitrogens with one attached hydrogen (secondary N) is 1. The molecule has 7 unspecified atom stereocenters. The molecule has 1 rings (SSSR count). The monoisotopic (exact) mass is 922 g/mol. The third kappa shape index (κ3) is 34.1. The average Bonchev–Trinajstić information content (AvgIpc) is 3.25. The summed E-state index contributed by atoms with van der Waals surface area (Å²) in [5, 5.41) is 44.9. The average molecular weight is 922 g/mol. The lowest BCUT2D eigenvalue weighted by atomic mass is 9.99. The van der Waals surface area contributed by atoms with E-state index < -0.39 is 59.9 Å². The van der Waals surface area contributed by atoms with Crippen molar-refractivity contribution in [2.24, 2.45) is 0 Å². The molecule has 376 valence electrons. The van der Waals surface area contributed by atoms with Crippen molar-refractivity contribution >= 4 is 16.3 Å². The molecule has 0 aromatic carbocycles. The first-order valence-corrected chi connectivity index (χ1v) is 27.8. The van der Waals surface area contributed by atoms with Crippen molar-refractivity contribution in [3.8, 4) is 0 Å². The van der Waals surface area contributed by atoms with Crippen LogP contribution in [0, 0.1) is 0 Å². The highest BCUT2D eigenvalue weighted by Gasteiger charge is 2.48. The van der Waals surface area contributed by atoms with Gasteiger partial charge in [-0.25, -0.2) is 4.18 Å². The number of ether oxygens (including phenoxy) is 2. The number of unbranched alkanes of at least 4 members (excludes halogenated alkanes) is 34. The molecule has 0 saturated carbocycles. The summed E-state index contributed by atoms with van der Waals surface area (Å²) < 4.78 is 47.7. The Bertz CT molecular complexity index is 1130. The predicted molar refractivity (Wildman–Crippen MR) is 255 cm³/mol. The first kappa shape index (κ1) is 60.1. The molecule has 0 aromatic heterocycles. The van der Waals surface area contributed by atoms with Gasteiger partial charge in [0.15, 0.2) is 6.29 Å². The third-order valence-corrected chi connectivity index (χ3v) is 13.4. The molecule has 0 spiro atoms. The Morgan fingerprint density at radius 3 is 1.27 bits per heavy atom. The molecule has 0 aromatic rings. The second-order valence-corrected chi connectivity index (χ2v) is 19.9. The highest BCUT2D eigenvalue weighted by Crippen LogP contribution is 2.26. The van der Waals surface area contributed by atoms with Crippen molar-refractivity contribution in [3.05, 3.63) is 0 Å². The van der Waals surface area contributed by atoms with E-state index in [0.717, 1.165) is 51.4 Å². The number of rotatable bonds is 46. The zero-order valence-electron chi connectivity index (χ0n) is 40.4. The maximum absolute atomic E-state index is 13.1. The number of carbonyl (C=O) groups excluding carboxylic acids is 1. The van der Waals surface area contributed by atoms with Crippen LogP contribution >= 0.6 is 0 Å². The van der Waals surface area contributed by atoms with Crippen LogP contribution in [0.15, 0.2) is 0 Å². The van der Waals surface area contributed by atoms with Crippen LogP contribution in [0.25, 0.3) is 0 Å². The topological polar surface area (TPSA) is 192 Å². The highest BCUT2D eigenvalue weighted by atomic mass is 32.3. The maximum Gasteiger partial charge on any atom is 0.397 e. The van der Waals surface area contributed by atoms with Gasteiger partial charge in [0.1, 0.15) is 24.4 Å². The first-order chi connectivity index (χ1) is 30.5. The van der Waals surface area contributed by atoms with Gasteiger partial charge in [-0.1, -0.05) is 239 Å². The SMILES string of the molecule is CCCCCCCCCCCCCCCCCCCCCCCCCC(=O)NC(COC1OC(CO)C(O)C(OS(=O)(=O)O)C1O)C(O)CCCCCCCCCCCCCCC. The van der Waals surface area contributed by atoms with E-state index >= 15 is 0 Å². The van der Waals surface area contributed by atoms with E-state index in [4.69, 9.17) is 9.47 Å². The summed E-state index contributed by atoms with van der Waals surface area (Å²) in [5.74, 6) is -0.224. The molecule has 0 aliphatic carbocycles. The fourth-order valence-corrected chi connectivity index (χ4v) is 9.32. The van der Waals surface area contributed by atoms with Crippen molar-refractivity contribution in [2.45, 2.75) is 301 Å². The molecule has 6 N–H and O–H groups in total. The summed E-state index contributed by atoms with van der Waals surface area (Å²) in [4.78, 5) is 13.1. The van der Waals surface area contributed by atoms with E-state index in [9.17, 15) is 38.2 Å². The Kier molecular flexibility index (Phi) is 39.4. The number of hydrogen-bond donors (Lipinski definition) is 6. The van der Waals surface area contributed by atoms with E-state index in [-0.39, 0.29) is 12.5 Å². The molecular weight excluding hydrogens is 823 g/mol.